The molecule has 1 N–H and O–H groups in total. The summed E-state index contributed by atoms with van der Waals surface area (Å²) < 4.78 is 0. The molecule has 0 bridgehead atoms. The van der Waals surface area contributed by atoms with Crippen LogP contribution in [0.2, 0.25) is 0 Å². The number of hydrogen-bond donors (Lipinski definition) is 1. The minimum Gasteiger partial charge on any atom is -0.351 e. The van der Waals surface area contributed by atoms with Crippen LogP contribution in [0.25, 0.3) is 0 Å². The lowest BCUT2D eigenvalue weighted by Gasteiger charge is -2.42. The summed E-state index contributed by atoms with van der Waals surface area (Å²) in [7, 11) is 0. The first kappa shape index (κ1) is 16.2. The van der Waals surface area contributed by atoms with Crippen LogP contribution in [0.4, 0.5) is 5.69 Å². The lowest BCUT2D eigenvalue weighted by Crippen LogP contribution is -2.45. The van der Waals surface area contributed by atoms with Crippen LogP contribution in [0.1, 0.15) is 40.7 Å². The van der Waals surface area contributed by atoms with Gasteiger partial charge in [0.2, 0.25) is 0 Å². The standard InChI is InChI=1S/C19H20N2O3/c1-14-7-5-10-16(17(14)21(23)24)18(22)20-13-19(11-6-12-19)15-8-3-2-4-9-15/h2-5,7-10H,6,11-13H2,1H3,(H,20,22). The Hall–Kier alpha value is -2.69. The molecule has 124 valence electrons. The largest absolute Gasteiger partial charge is 0.351 e. The second-order valence-corrected chi connectivity index (χ2v) is 6.41. The van der Waals surface area contributed by atoms with E-state index in [4.69, 9.17) is 0 Å². The van der Waals surface area contributed by atoms with Gasteiger partial charge in [0.1, 0.15) is 5.56 Å². The van der Waals surface area contributed by atoms with Crippen LogP contribution in [-0.4, -0.2) is 17.4 Å². The van der Waals surface area contributed by atoms with Crippen molar-refractivity contribution in [3.8, 4) is 0 Å². The molecule has 1 saturated carbocycles. The van der Waals surface area contributed by atoms with Gasteiger partial charge in [-0.15, -0.1) is 0 Å². The maximum Gasteiger partial charge on any atom is 0.285 e. The summed E-state index contributed by atoms with van der Waals surface area (Å²) in [6.45, 7) is 2.15. The minimum atomic E-state index is -0.486. The zero-order valence-electron chi connectivity index (χ0n) is 13.6. The highest BCUT2D eigenvalue weighted by Crippen LogP contribution is 2.43. The number of aryl methyl sites for hydroxylation is 1. The molecule has 0 aromatic heterocycles. The van der Waals surface area contributed by atoms with Crippen molar-refractivity contribution in [3.63, 3.8) is 0 Å². The Morgan fingerprint density at radius 3 is 2.46 bits per heavy atom. The highest BCUT2D eigenvalue weighted by Gasteiger charge is 2.39. The number of nitro benzene ring substituents is 1. The molecule has 0 heterocycles. The van der Waals surface area contributed by atoms with Crippen molar-refractivity contribution >= 4 is 11.6 Å². The third-order valence-electron chi connectivity index (χ3n) is 4.95. The smallest absolute Gasteiger partial charge is 0.285 e. The number of carbonyl (C=O) groups excluding carboxylic acids is 1. The molecule has 2 aromatic carbocycles. The van der Waals surface area contributed by atoms with Crippen molar-refractivity contribution in [2.75, 3.05) is 6.54 Å². The number of nitro groups is 1. The molecule has 0 aliphatic heterocycles. The highest BCUT2D eigenvalue weighted by molar-refractivity contribution is 5.98. The Kier molecular flexibility index (Phi) is 4.34. The summed E-state index contributed by atoms with van der Waals surface area (Å²) in [5.74, 6) is -0.382. The molecular formula is C19H20N2O3. The minimum absolute atomic E-state index is 0.0461. The molecule has 5 heteroatoms. The van der Waals surface area contributed by atoms with Gasteiger partial charge in [-0.25, -0.2) is 0 Å². The number of rotatable bonds is 5. The summed E-state index contributed by atoms with van der Waals surface area (Å²) in [6.07, 6.45) is 3.18. The van der Waals surface area contributed by atoms with Gasteiger partial charge >= 0.3 is 0 Å². The van der Waals surface area contributed by atoms with Crippen LogP contribution in [0.5, 0.6) is 0 Å². The van der Waals surface area contributed by atoms with Crippen molar-refractivity contribution in [1.29, 1.82) is 0 Å². The van der Waals surface area contributed by atoms with Gasteiger partial charge in [-0.05, 0) is 31.4 Å². The van der Waals surface area contributed by atoms with E-state index in [1.807, 2.05) is 18.2 Å². The topological polar surface area (TPSA) is 72.2 Å². The monoisotopic (exact) mass is 324 g/mol. The Labute approximate surface area is 140 Å². The van der Waals surface area contributed by atoms with Crippen molar-refractivity contribution in [1.82, 2.24) is 5.32 Å². The van der Waals surface area contributed by atoms with Gasteiger partial charge in [-0.2, -0.15) is 0 Å². The zero-order chi connectivity index (χ0) is 17.2. The summed E-state index contributed by atoms with van der Waals surface area (Å²) in [4.78, 5) is 23.3. The predicted octanol–water partition coefficient (Wildman–Crippen LogP) is 3.75. The fourth-order valence-electron chi connectivity index (χ4n) is 3.39. The first-order chi connectivity index (χ1) is 11.5. The van der Waals surface area contributed by atoms with Gasteiger partial charge in [0, 0.05) is 17.5 Å². The average Bonchev–Trinajstić information content (AvgIpc) is 2.54. The molecular weight excluding hydrogens is 304 g/mol. The first-order valence-corrected chi connectivity index (χ1v) is 8.11. The number of carbonyl (C=O) groups is 1. The van der Waals surface area contributed by atoms with Gasteiger partial charge in [0.05, 0.1) is 4.92 Å². The number of benzene rings is 2. The fraction of sp³-hybridized carbons (Fsp3) is 0.316. The number of amides is 1. The molecule has 0 spiro atoms. The third kappa shape index (κ3) is 2.89. The lowest BCUT2D eigenvalue weighted by atomic mass is 9.64. The van der Waals surface area contributed by atoms with E-state index in [1.165, 1.54) is 11.6 Å². The fourth-order valence-corrected chi connectivity index (χ4v) is 3.39. The Balaban J connectivity index is 1.79. The Morgan fingerprint density at radius 1 is 1.17 bits per heavy atom. The van der Waals surface area contributed by atoms with Crippen LogP contribution in [0.15, 0.2) is 48.5 Å². The second-order valence-electron chi connectivity index (χ2n) is 6.41. The summed E-state index contributed by atoms with van der Waals surface area (Å²) in [5, 5.41) is 14.2. The van der Waals surface area contributed by atoms with Gasteiger partial charge in [0.25, 0.3) is 11.6 Å². The quantitative estimate of drug-likeness (QED) is 0.672. The van der Waals surface area contributed by atoms with E-state index in [-0.39, 0.29) is 22.6 Å². The van der Waals surface area contributed by atoms with Crippen molar-refractivity contribution in [2.45, 2.75) is 31.6 Å². The Morgan fingerprint density at radius 2 is 1.88 bits per heavy atom. The lowest BCUT2D eigenvalue weighted by molar-refractivity contribution is -0.385. The van der Waals surface area contributed by atoms with Gasteiger partial charge in [0.15, 0.2) is 0 Å². The number of nitrogens with zero attached hydrogens (tertiary/aromatic N) is 1. The molecule has 2 aromatic rings. The average molecular weight is 324 g/mol. The van der Waals surface area contributed by atoms with Crippen LogP contribution in [-0.2, 0) is 5.41 Å². The molecule has 1 aliphatic carbocycles. The summed E-state index contributed by atoms with van der Waals surface area (Å²) in [6, 6.07) is 15.0. The van der Waals surface area contributed by atoms with Crippen LogP contribution < -0.4 is 5.32 Å². The molecule has 24 heavy (non-hydrogen) atoms. The van der Waals surface area contributed by atoms with E-state index in [2.05, 4.69) is 17.4 Å². The van der Waals surface area contributed by atoms with Gasteiger partial charge < -0.3 is 5.32 Å². The number of nitrogens with one attached hydrogen (secondary N) is 1. The van der Waals surface area contributed by atoms with E-state index < -0.39 is 4.92 Å². The van der Waals surface area contributed by atoms with Gasteiger partial charge in [-0.1, -0.05) is 48.9 Å². The van der Waals surface area contributed by atoms with Crippen molar-refractivity contribution in [2.24, 2.45) is 0 Å². The summed E-state index contributed by atoms with van der Waals surface area (Å²) in [5.41, 5.74) is 1.68. The second kappa shape index (κ2) is 6.43. The van der Waals surface area contributed by atoms with E-state index in [0.717, 1.165) is 19.3 Å². The normalized spacial score (nSPS) is 15.4. The van der Waals surface area contributed by atoms with Crippen LogP contribution in [0, 0.1) is 17.0 Å². The molecule has 1 aliphatic rings. The summed E-state index contributed by atoms with van der Waals surface area (Å²) >= 11 is 0. The molecule has 5 nitrogen and oxygen atoms in total. The maximum absolute atomic E-state index is 12.5. The highest BCUT2D eigenvalue weighted by atomic mass is 16.6. The molecule has 0 unspecified atom stereocenters. The third-order valence-corrected chi connectivity index (χ3v) is 4.95. The van der Waals surface area contributed by atoms with Crippen LogP contribution in [0.3, 0.4) is 0 Å². The van der Waals surface area contributed by atoms with Gasteiger partial charge in [-0.3, -0.25) is 14.9 Å². The van der Waals surface area contributed by atoms with E-state index >= 15 is 0 Å². The maximum atomic E-state index is 12.5. The molecule has 0 saturated heterocycles. The molecule has 0 atom stereocenters. The van der Waals surface area contributed by atoms with E-state index in [9.17, 15) is 14.9 Å². The SMILES string of the molecule is Cc1cccc(C(=O)NCC2(c3ccccc3)CCC2)c1[N+](=O)[O-]. The number of para-hydroxylation sites is 1. The molecule has 1 fully saturated rings. The van der Waals surface area contributed by atoms with E-state index in [0.29, 0.717) is 12.1 Å². The molecule has 1 amide bonds. The molecule has 3 rings (SSSR count). The van der Waals surface area contributed by atoms with Crippen LogP contribution >= 0.6 is 0 Å². The Bertz CT molecular complexity index is 767. The number of hydrogen-bond acceptors (Lipinski definition) is 3. The predicted molar refractivity (Wildman–Crippen MR) is 92.1 cm³/mol. The van der Waals surface area contributed by atoms with Crippen molar-refractivity contribution in [3.05, 3.63) is 75.3 Å². The zero-order valence-corrected chi connectivity index (χ0v) is 13.6. The van der Waals surface area contributed by atoms with Crippen molar-refractivity contribution < 1.29 is 9.72 Å². The van der Waals surface area contributed by atoms with E-state index in [1.54, 1.807) is 19.1 Å². The molecule has 0 radical (unpaired) electrons. The first-order valence-electron chi connectivity index (χ1n) is 8.11.